The van der Waals surface area contributed by atoms with Crippen LogP contribution in [0.15, 0.2) is 5.16 Å². The van der Waals surface area contributed by atoms with Crippen LogP contribution in [-0.4, -0.2) is 22.6 Å². The molecule has 48 valence electrons. The highest BCUT2D eigenvalue weighted by Gasteiger charge is 1.92. The number of rotatable bonds is 3. The fourth-order valence-corrected chi connectivity index (χ4v) is 0.427. The molecule has 0 saturated heterocycles. The zero-order valence-corrected chi connectivity index (χ0v) is 4.96. The van der Waals surface area contributed by atoms with Crippen molar-refractivity contribution in [3.05, 3.63) is 0 Å². The summed E-state index contributed by atoms with van der Waals surface area (Å²) in [5, 5.41) is 19.4. The Balaban J connectivity index is 3.38. The van der Waals surface area contributed by atoms with E-state index in [1.165, 1.54) is 0 Å². The Labute approximate surface area is 48.6 Å². The van der Waals surface area contributed by atoms with Crippen LogP contribution in [0.3, 0.4) is 0 Å². The molecule has 2 N–H and O–H groups in total. The summed E-state index contributed by atoms with van der Waals surface area (Å²) in [5.41, 5.74) is 0.646. The lowest BCUT2D eigenvalue weighted by atomic mass is 10.2. The molecule has 0 aliphatic carbocycles. The maximum absolute atomic E-state index is 8.31. The van der Waals surface area contributed by atoms with E-state index in [1.54, 1.807) is 0 Å². The minimum Gasteiger partial charge on any atom is -0.411 e. The van der Waals surface area contributed by atoms with E-state index in [1.807, 2.05) is 6.92 Å². The lowest BCUT2D eigenvalue weighted by Gasteiger charge is -1.93. The van der Waals surface area contributed by atoms with Crippen molar-refractivity contribution in [2.75, 3.05) is 6.61 Å². The average molecular weight is 117 g/mol. The Kier molecular flexibility index (Phi) is 4.26. The number of hydrogen-bond donors (Lipinski definition) is 2. The molecule has 0 rings (SSSR count). The van der Waals surface area contributed by atoms with Crippen molar-refractivity contribution in [1.29, 1.82) is 0 Å². The first-order valence-corrected chi connectivity index (χ1v) is 2.65. The van der Waals surface area contributed by atoms with E-state index in [9.17, 15) is 0 Å². The quantitative estimate of drug-likeness (QED) is 0.323. The van der Waals surface area contributed by atoms with E-state index in [0.29, 0.717) is 18.6 Å². The van der Waals surface area contributed by atoms with Gasteiger partial charge in [-0.15, -0.1) is 0 Å². The van der Waals surface area contributed by atoms with Crippen molar-refractivity contribution in [3.8, 4) is 0 Å². The molecule has 0 fully saturated rings. The Morgan fingerprint density at radius 1 is 1.62 bits per heavy atom. The van der Waals surface area contributed by atoms with Crippen molar-refractivity contribution in [1.82, 2.24) is 0 Å². The van der Waals surface area contributed by atoms with Crippen molar-refractivity contribution < 1.29 is 10.3 Å². The molecule has 0 heterocycles. The summed E-state index contributed by atoms with van der Waals surface area (Å²) in [7, 11) is 0. The number of hydrogen-bond acceptors (Lipinski definition) is 3. The van der Waals surface area contributed by atoms with Crippen LogP contribution < -0.4 is 0 Å². The molecule has 0 atom stereocenters. The van der Waals surface area contributed by atoms with Crippen LogP contribution in [0.2, 0.25) is 0 Å². The Bertz CT molecular complexity index is 80.5. The third kappa shape index (κ3) is 2.58. The minimum absolute atomic E-state index is 0.0627. The van der Waals surface area contributed by atoms with Crippen LogP contribution in [0.25, 0.3) is 0 Å². The lowest BCUT2D eigenvalue weighted by Crippen LogP contribution is -1.98. The van der Waals surface area contributed by atoms with Crippen molar-refractivity contribution in [3.63, 3.8) is 0 Å². The molecule has 0 aliphatic rings. The highest BCUT2D eigenvalue weighted by molar-refractivity contribution is 5.83. The second kappa shape index (κ2) is 4.59. The Morgan fingerprint density at radius 2 is 2.25 bits per heavy atom. The van der Waals surface area contributed by atoms with Crippen LogP contribution in [0.4, 0.5) is 0 Å². The van der Waals surface area contributed by atoms with Gasteiger partial charge in [0.25, 0.3) is 0 Å². The molecule has 0 aromatic rings. The van der Waals surface area contributed by atoms with Crippen molar-refractivity contribution >= 4 is 5.71 Å². The van der Waals surface area contributed by atoms with Gasteiger partial charge in [-0.25, -0.2) is 0 Å². The van der Waals surface area contributed by atoms with Crippen molar-refractivity contribution in [2.45, 2.75) is 19.8 Å². The molecule has 0 unspecified atom stereocenters. The molecule has 0 amide bonds. The maximum atomic E-state index is 8.31. The summed E-state index contributed by atoms with van der Waals surface area (Å²) in [4.78, 5) is 0. The van der Waals surface area contributed by atoms with Crippen LogP contribution in [0.5, 0.6) is 0 Å². The summed E-state index contributed by atoms with van der Waals surface area (Å²) in [6, 6.07) is 0. The molecular formula is C5H11NO2. The zero-order valence-electron chi connectivity index (χ0n) is 4.96. The summed E-state index contributed by atoms with van der Waals surface area (Å²) in [6.45, 7) is 1.94. The lowest BCUT2D eigenvalue weighted by molar-refractivity contribution is 0.294. The van der Waals surface area contributed by atoms with Crippen LogP contribution in [-0.2, 0) is 0 Å². The van der Waals surface area contributed by atoms with E-state index in [0.717, 1.165) is 0 Å². The molecule has 0 aromatic carbocycles. The van der Waals surface area contributed by atoms with Gasteiger partial charge in [0.05, 0.1) is 5.71 Å². The largest absolute Gasteiger partial charge is 0.411 e. The summed E-state index contributed by atoms with van der Waals surface area (Å²) >= 11 is 0. The second-order valence-electron chi connectivity index (χ2n) is 1.49. The summed E-state index contributed by atoms with van der Waals surface area (Å²) in [5.74, 6) is 0. The second-order valence-corrected chi connectivity index (χ2v) is 1.49. The van der Waals surface area contributed by atoms with Crippen molar-refractivity contribution in [2.24, 2.45) is 5.16 Å². The molecule has 0 spiro atoms. The molecule has 0 bridgehead atoms. The number of oxime groups is 1. The molecular weight excluding hydrogens is 106 g/mol. The third-order valence-electron chi connectivity index (χ3n) is 0.950. The molecule has 0 aliphatic heterocycles. The van der Waals surface area contributed by atoms with E-state index in [4.69, 9.17) is 10.3 Å². The van der Waals surface area contributed by atoms with Crippen LogP contribution in [0.1, 0.15) is 19.8 Å². The highest BCUT2D eigenvalue weighted by Crippen LogP contribution is 1.88. The average Bonchev–Trinajstić information content (AvgIpc) is 1.83. The van der Waals surface area contributed by atoms with Gasteiger partial charge < -0.3 is 10.3 Å². The van der Waals surface area contributed by atoms with Gasteiger partial charge in [0.15, 0.2) is 0 Å². The zero-order chi connectivity index (χ0) is 6.41. The van der Waals surface area contributed by atoms with Gasteiger partial charge in [0.2, 0.25) is 0 Å². The van der Waals surface area contributed by atoms with Gasteiger partial charge in [-0.3, -0.25) is 0 Å². The van der Waals surface area contributed by atoms with E-state index < -0.39 is 0 Å². The fraction of sp³-hybridized carbons (Fsp3) is 0.800. The first kappa shape index (κ1) is 7.43. The molecule has 3 heteroatoms. The van der Waals surface area contributed by atoms with Gasteiger partial charge in [-0.2, -0.15) is 0 Å². The van der Waals surface area contributed by atoms with Gasteiger partial charge >= 0.3 is 0 Å². The van der Waals surface area contributed by atoms with Gasteiger partial charge in [0.1, 0.15) is 0 Å². The van der Waals surface area contributed by atoms with E-state index >= 15 is 0 Å². The Morgan fingerprint density at radius 3 is 2.38 bits per heavy atom. The van der Waals surface area contributed by atoms with Gasteiger partial charge in [-0.05, 0) is 6.42 Å². The topological polar surface area (TPSA) is 52.8 Å². The smallest absolute Gasteiger partial charge is 0.0590 e. The molecule has 0 aromatic heterocycles. The number of aliphatic hydroxyl groups is 1. The van der Waals surface area contributed by atoms with Crippen LogP contribution in [0, 0.1) is 0 Å². The van der Waals surface area contributed by atoms with Crippen LogP contribution >= 0.6 is 0 Å². The third-order valence-corrected chi connectivity index (χ3v) is 0.950. The molecule has 0 radical (unpaired) electrons. The molecule has 0 saturated carbocycles. The van der Waals surface area contributed by atoms with Gasteiger partial charge in [0, 0.05) is 13.0 Å². The monoisotopic (exact) mass is 117 g/mol. The van der Waals surface area contributed by atoms with E-state index in [2.05, 4.69) is 5.16 Å². The first-order valence-electron chi connectivity index (χ1n) is 2.65. The molecule has 8 heavy (non-hydrogen) atoms. The minimum atomic E-state index is 0.0627. The maximum Gasteiger partial charge on any atom is 0.0590 e. The predicted molar refractivity (Wildman–Crippen MR) is 31.2 cm³/mol. The Hall–Kier alpha value is -0.570. The SMILES string of the molecule is CCC(CCO)=NO. The first-order chi connectivity index (χ1) is 3.85. The normalized spacial score (nSPS) is 12.0. The molecule has 3 nitrogen and oxygen atoms in total. The standard InChI is InChI=1S/C5H11NO2/c1-2-5(6-8)3-4-7/h7-8H,2-4H2,1H3. The van der Waals surface area contributed by atoms with Gasteiger partial charge in [-0.1, -0.05) is 12.1 Å². The predicted octanol–water partition coefficient (Wildman–Crippen LogP) is 0.609. The number of aliphatic hydroxyl groups excluding tert-OH is 1. The number of nitrogens with zero attached hydrogens (tertiary/aromatic N) is 1. The fourth-order valence-electron chi connectivity index (χ4n) is 0.427. The highest BCUT2D eigenvalue weighted by atomic mass is 16.4. The summed E-state index contributed by atoms with van der Waals surface area (Å²) < 4.78 is 0. The van der Waals surface area contributed by atoms with E-state index in [-0.39, 0.29) is 6.61 Å². The summed E-state index contributed by atoms with van der Waals surface area (Å²) in [6.07, 6.45) is 1.18.